The van der Waals surface area contributed by atoms with Crippen molar-refractivity contribution in [3.05, 3.63) is 46.3 Å². The highest BCUT2D eigenvalue weighted by Crippen LogP contribution is 2.42. The number of benzene rings is 1. The van der Waals surface area contributed by atoms with Gasteiger partial charge in [-0.25, -0.2) is 4.68 Å². The molecule has 4 nitrogen and oxygen atoms in total. The lowest BCUT2D eigenvalue weighted by Crippen LogP contribution is -2.09. The number of rotatable bonds is 4. The summed E-state index contributed by atoms with van der Waals surface area (Å²) >= 11 is 1.68. The monoisotopic (exact) mass is 340 g/mol. The maximum absolute atomic E-state index is 5.95. The zero-order valence-corrected chi connectivity index (χ0v) is 14.9. The average Bonchev–Trinajstić information content (AvgIpc) is 3.22. The van der Waals surface area contributed by atoms with Crippen LogP contribution in [-0.2, 0) is 13.0 Å². The minimum absolute atomic E-state index is 0.541. The topological polar surface area (TPSA) is 36.3 Å². The average molecular weight is 340 g/mol. The van der Waals surface area contributed by atoms with E-state index in [1.807, 2.05) is 16.9 Å². The standard InChI is InChI=1S/C19H20N2O2S/c1-12(2)6-13-7-16-18(8-17(13)22-3)23-10-14-9-20-21(19(14)16)15-4-5-24-11-15/h4-5,7-9,11-12H,6,10H2,1-3H3. The molecule has 0 saturated carbocycles. The summed E-state index contributed by atoms with van der Waals surface area (Å²) in [4.78, 5) is 0. The zero-order chi connectivity index (χ0) is 16.7. The van der Waals surface area contributed by atoms with Gasteiger partial charge < -0.3 is 9.47 Å². The third-order valence-corrected chi connectivity index (χ3v) is 4.92. The van der Waals surface area contributed by atoms with Crippen LogP contribution in [0.5, 0.6) is 11.5 Å². The SMILES string of the molecule is COc1cc2c(cc1CC(C)C)-c1c(cnn1-c1ccsc1)CO2. The number of ether oxygens (including phenoxy) is 2. The Morgan fingerprint density at radius 3 is 2.96 bits per heavy atom. The van der Waals surface area contributed by atoms with Crippen molar-refractivity contribution in [1.82, 2.24) is 9.78 Å². The molecule has 24 heavy (non-hydrogen) atoms. The Balaban J connectivity index is 1.90. The number of methoxy groups -OCH3 is 1. The zero-order valence-electron chi connectivity index (χ0n) is 14.1. The molecule has 5 heteroatoms. The van der Waals surface area contributed by atoms with Gasteiger partial charge in [-0.2, -0.15) is 16.4 Å². The highest BCUT2D eigenvalue weighted by molar-refractivity contribution is 7.08. The number of aromatic nitrogens is 2. The molecular formula is C19H20N2O2S. The smallest absolute Gasteiger partial charge is 0.132 e. The molecule has 0 saturated heterocycles. The number of hydrogen-bond acceptors (Lipinski definition) is 4. The molecule has 1 aliphatic rings. The Labute approximate surface area is 145 Å². The lowest BCUT2D eigenvalue weighted by Gasteiger charge is -2.22. The van der Waals surface area contributed by atoms with Crippen LogP contribution in [0.15, 0.2) is 35.2 Å². The van der Waals surface area contributed by atoms with Crippen molar-refractivity contribution < 1.29 is 9.47 Å². The minimum atomic E-state index is 0.541. The van der Waals surface area contributed by atoms with Gasteiger partial charge in [0.15, 0.2) is 0 Å². The molecule has 3 aromatic rings. The van der Waals surface area contributed by atoms with Crippen LogP contribution in [0, 0.1) is 5.92 Å². The predicted molar refractivity (Wildman–Crippen MR) is 96.3 cm³/mol. The van der Waals surface area contributed by atoms with Gasteiger partial charge in [0.1, 0.15) is 18.1 Å². The molecule has 0 unspecified atom stereocenters. The van der Waals surface area contributed by atoms with Crippen molar-refractivity contribution in [2.24, 2.45) is 5.92 Å². The summed E-state index contributed by atoms with van der Waals surface area (Å²) in [5, 5.41) is 8.77. The maximum Gasteiger partial charge on any atom is 0.132 e. The second-order valence-corrected chi connectivity index (χ2v) is 7.24. The van der Waals surface area contributed by atoms with Crippen LogP contribution < -0.4 is 9.47 Å². The summed E-state index contributed by atoms with van der Waals surface area (Å²) in [5.41, 5.74) is 5.64. The van der Waals surface area contributed by atoms with E-state index in [1.165, 1.54) is 5.56 Å². The summed E-state index contributed by atoms with van der Waals surface area (Å²) in [6.07, 6.45) is 2.88. The maximum atomic E-state index is 5.95. The second kappa shape index (κ2) is 5.98. The van der Waals surface area contributed by atoms with E-state index in [2.05, 4.69) is 41.8 Å². The van der Waals surface area contributed by atoms with E-state index in [4.69, 9.17) is 9.47 Å². The van der Waals surface area contributed by atoms with E-state index in [0.717, 1.165) is 40.4 Å². The van der Waals surface area contributed by atoms with E-state index in [0.29, 0.717) is 12.5 Å². The summed E-state index contributed by atoms with van der Waals surface area (Å²) in [6, 6.07) is 6.31. The molecule has 0 fully saturated rings. The van der Waals surface area contributed by atoms with E-state index in [9.17, 15) is 0 Å². The van der Waals surface area contributed by atoms with Crippen LogP contribution in [0.4, 0.5) is 0 Å². The number of fused-ring (bicyclic) bond motifs is 3. The molecule has 1 aromatic carbocycles. The first-order valence-corrected chi connectivity index (χ1v) is 9.05. The lowest BCUT2D eigenvalue weighted by molar-refractivity contribution is 0.299. The van der Waals surface area contributed by atoms with E-state index >= 15 is 0 Å². The van der Waals surface area contributed by atoms with Gasteiger partial charge in [0.25, 0.3) is 0 Å². The van der Waals surface area contributed by atoms with E-state index in [1.54, 1.807) is 18.4 Å². The Bertz CT molecular complexity index is 866. The molecule has 0 spiro atoms. The first-order chi connectivity index (χ1) is 11.7. The van der Waals surface area contributed by atoms with Gasteiger partial charge >= 0.3 is 0 Å². The molecule has 124 valence electrons. The van der Waals surface area contributed by atoms with Gasteiger partial charge in [-0.05, 0) is 35.4 Å². The third-order valence-electron chi connectivity index (χ3n) is 4.24. The first kappa shape index (κ1) is 15.3. The molecule has 3 heterocycles. The van der Waals surface area contributed by atoms with Crippen LogP contribution in [0.25, 0.3) is 16.9 Å². The summed E-state index contributed by atoms with van der Waals surface area (Å²) in [7, 11) is 1.72. The van der Waals surface area contributed by atoms with Gasteiger partial charge in [0, 0.05) is 22.6 Å². The van der Waals surface area contributed by atoms with Crippen LogP contribution in [0.3, 0.4) is 0 Å². The van der Waals surface area contributed by atoms with Gasteiger partial charge in [0.2, 0.25) is 0 Å². The molecule has 0 aliphatic carbocycles. The van der Waals surface area contributed by atoms with Gasteiger partial charge in [-0.1, -0.05) is 13.8 Å². The fourth-order valence-corrected chi connectivity index (χ4v) is 3.82. The van der Waals surface area contributed by atoms with Crippen molar-refractivity contribution in [3.63, 3.8) is 0 Å². The van der Waals surface area contributed by atoms with E-state index in [-0.39, 0.29) is 0 Å². The normalized spacial score (nSPS) is 12.7. The summed E-state index contributed by atoms with van der Waals surface area (Å²) in [6.45, 7) is 4.98. The number of hydrogen-bond donors (Lipinski definition) is 0. The second-order valence-electron chi connectivity index (χ2n) is 6.46. The summed E-state index contributed by atoms with van der Waals surface area (Å²) in [5.74, 6) is 2.32. The predicted octanol–water partition coefficient (Wildman–Crippen LogP) is 4.70. The van der Waals surface area contributed by atoms with Crippen molar-refractivity contribution in [3.8, 4) is 28.4 Å². The Morgan fingerprint density at radius 2 is 2.25 bits per heavy atom. The Morgan fingerprint density at radius 1 is 1.38 bits per heavy atom. The fraction of sp³-hybridized carbons (Fsp3) is 0.316. The first-order valence-electron chi connectivity index (χ1n) is 8.11. The molecule has 4 rings (SSSR count). The van der Waals surface area contributed by atoms with Crippen LogP contribution in [0.2, 0.25) is 0 Å². The quantitative estimate of drug-likeness (QED) is 0.691. The molecule has 0 amide bonds. The van der Waals surface area contributed by atoms with Crippen molar-refractivity contribution in [1.29, 1.82) is 0 Å². The highest BCUT2D eigenvalue weighted by atomic mass is 32.1. The Hall–Kier alpha value is -2.27. The molecule has 0 radical (unpaired) electrons. The molecular weight excluding hydrogens is 320 g/mol. The van der Waals surface area contributed by atoms with Crippen LogP contribution in [-0.4, -0.2) is 16.9 Å². The minimum Gasteiger partial charge on any atom is -0.496 e. The van der Waals surface area contributed by atoms with Crippen LogP contribution in [0.1, 0.15) is 25.0 Å². The fourth-order valence-electron chi connectivity index (χ4n) is 3.20. The molecule has 1 aliphatic heterocycles. The number of nitrogens with zero attached hydrogens (tertiary/aromatic N) is 2. The lowest BCUT2D eigenvalue weighted by atomic mass is 9.96. The molecule has 0 atom stereocenters. The molecule has 0 N–H and O–H groups in total. The molecule has 0 bridgehead atoms. The van der Waals surface area contributed by atoms with Crippen molar-refractivity contribution >= 4 is 11.3 Å². The van der Waals surface area contributed by atoms with Crippen molar-refractivity contribution in [2.45, 2.75) is 26.9 Å². The summed E-state index contributed by atoms with van der Waals surface area (Å²) < 4.78 is 13.5. The third kappa shape index (κ3) is 2.49. The Kier molecular flexibility index (Phi) is 3.81. The largest absolute Gasteiger partial charge is 0.496 e. The van der Waals surface area contributed by atoms with Crippen LogP contribution >= 0.6 is 11.3 Å². The van der Waals surface area contributed by atoms with Crippen molar-refractivity contribution in [2.75, 3.05) is 7.11 Å². The van der Waals surface area contributed by atoms with Gasteiger partial charge in [-0.3, -0.25) is 0 Å². The van der Waals surface area contributed by atoms with E-state index < -0.39 is 0 Å². The van der Waals surface area contributed by atoms with Gasteiger partial charge in [-0.15, -0.1) is 0 Å². The number of thiophene rings is 1. The molecule has 2 aromatic heterocycles. The highest BCUT2D eigenvalue weighted by Gasteiger charge is 2.25. The van der Waals surface area contributed by atoms with Gasteiger partial charge in [0.05, 0.1) is 24.7 Å².